The molecule has 0 aliphatic rings. The van der Waals surface area contributed by atoms with Crippen LogP contribution in [0, 0.1) is 19.7 Å². The molecule has 0 aliphatic carbocycles. The van der Waals surface area contributed by atoms with Gasteiger partial charge in [0.1, 0.15) is 5.52 Å². The van der Waals surface area contributed by atoms with Crippen molar-refractivity contribution in [3.63, 3.8) is 0 Å². The number of para-hydroxylation sites is 1. The van der Waals surface area contributed by atoms with Gasteiger partial charge in [-0.15, -0.1) is 0 Å². The highest BCUT2D eigenvalue weighted by Crippen LogP contribution is 2.27. The summed E-state index contributed by atoms with van der Waals surface area (Å²) in [6, 6.07) is 11.0. The first-order chi connectivity index (χ1) is 9.08. The Labute approximate surface area is 110 Å². The smallest absolute Gasteiger partial charge is 0.206 e. The highest BCUT2D eigenvalue weighted by molar-refractivity contribution is 5.81. The SMILES string of the molecule is Cc1ccc(C)c(-n2c(N)nc3c(F)cccc32)c1. The van der Waals surface area contributed by atoms with Gasteiger partial charge in [0.15, 0.2) is 5.82 Å². The van der Waals surface area contributed by atoms with Crippen molar-refractivity contribution in [1.82, 2.24) is 9.55 Å². The number of imidazole rings is 1. The normalized spacial score (nSPS) is 11.1. The molecule has 1 aromatic heterocycles. The van der Waals surface area contributed by atoms with Gasteiger partial charge in [-0.05, 0) is 43.2 Å². The number of aromatic nitrogens is 2. The van der Waals surface area contributed by atoms with Crippen molar-refractivity contribution in [3.05, 3.63) is 53.3 Å². The van der Waals surface area contributed by atoms with E-state index in [1.54, 1.807) is 10.6 Å². The van der Waals surface area contributed by atoms with Crippen LogP contribution in [0.5, 0.6) is 0 Å². The zero-order valence-corrected chi connectivity index (χ0v) is 10.8. The third-order valence-electron chi connectivity index (χ3n) is 3.27. The number of nitrogens with two attached hydrogens (primary N) is 1. The summed E-state index contributed by atoms with van der Waals surface area (Å²) >= 11 is 0. The number of hydrogen-bond donors (Lipinski definition) is 1. The zero-order valence-electron chi connectivity index (χ0n) is 10.8. The monoisotopic (exact) mass is 255 g/mol. The Bertz CT molecular complexity index is 774. The Morgan fingerprint density at radius 2 is 1.95 bits per heavy atom. The van der Waals surface area contributed by atoms with Crippen LogP contribution in [0.15, 0.2) is 36.4 Å². The maximum absolute atomic E-state index is 13.7. The van der Waals surface area contributed by atoms with Gasteiger partial charge in [-0.3, -0.25) is 4.57 Å². The number of nitrogens with zero attached hydrogens (tertiary/aromatic N) is 2. The Morgan fingerprint density at radius 3 is 2.74 bits per heavy atom. The summed E-state index contributed by atoms with van der Waals surface area (Å²) < 4.78 is 15.5. The topological polar surface area (TPSA) is 43.8 Å². The second kappa shape index (κ2) is 4.09. The van der Waals surface area contributed by atoms with E-state index in [1.807, 2.05) is 38.1 Å². The first-order valence-corrected chi connectivity index (χ1v) is 6.08. The number of benzene rings is 2. The molecule has 96 valence electrons. The molecule has 2 aromatic carbocycles. The highest BCUT2D eigenvalue weighted by Gasteiger charge is 2.14. The second-order valence-electron chi connectivity index (χ2n) is 4.70. The van der Waals surface area contributed by atoms with E-state index in [0.29, 0.717) is 17.0 Å². The second-order valence-corrected chi connectivity index (χ2v) is 4.70. The summed E-state index contributed by atoms with van der Waals surface area (Å²) in [5.74, 6) is -0.0537. The van der Waals surface area contributed by atoms with E-state index in [4.69, 9.17) is 5.73 Å². The number of aryl methyl sites for hydroxylation is 2. The molecular weight excluding hydrogens is 241 g/mol. The summed E-state index contributed by atoms with van der Waals surface area (Å²) in [7, 11) is 0. The molecule has 0 spiro atoms. The Morgan fingerprint density at radius 1 is 1.16 bits per heavy atom. The molecule has 0 bridgehead atoms. The van der Waals surface area contributed by atoms with Crippen molar-refractivity contribution in [3.8, 4) is 5.69 Å². The molecule has 0 fully saturated rings. The molecule has 0 saturated carbocycles. The van der Waals surface area contributed by atoms with Crippen LogP contribution >= 0.6 is 0 Å². The van der Waals surface area contributed by atoms with Gasteiger partial charge in [0.25, 0.3) is 0 Å². The standard InChI is InChI=1S/C15H14FN3/c1-9-6-7-10(2)13(8-9)19-12-5-3-4-11(16)14(12)18-15(19)17/h3-8H,1-2H3,(H2,17,18). The minimum atomic E-state index is -0.353. The average Bonchev–Trinajstić information content (AvgIpc) is 2.70. The lowest BCUT2D eigenvalue weighted by atomic mass is 10.1. The van der Waals surface area contributed by atoms with Gasteiger partial charge in [-0.25, -0.2) is 9.37 Å². The number of rotatable bonds is 1. The Kier molecular flexibility index (Phi) is 2.52. The van der Waals surface area contributed by atoms with Crippen LogP contribution in [0.3, 0.4) is 0 Å². The van der Waals surface area contributed by atoms with E-state index in [0.717, 1.165) is 16.8 Å². The van der Waals surface area contributed by atoms with Crippen molar-refractivity contribution in [2.24, 2.45) is 0 Å². The molecule has 19 heavy (non-hydrogen) atoms. The minimum absolute atomic E-state index is 0.300. The van der Waals surface area contributed by atoms with Crippen LogP contribution in [0.4, 0.5) is 10.3 Å². The van der Waals surface area contributed by atoms with Crippen molar-refractivity contribution >= 4 is 17.0 Å². The number of nitrogen functional groups attached to an aromatic ring is 1. The maximum Gasteiger partial charge on any atom is 0.206 e. The van der Waals surface area contributed by atoms with E-state index >= 15 is 0 Å². The van der Waals surface area contributed by atoms with Gasteiger partial charge in [-0.2, -0.15) is 0 Å². The van der Waals surface area contributed by atoms with Crippen LogP contribution in [-0.2, 0) is 0 Å². The Hall–Kier alpha value is -2.36. The maximum atomic E-state index is 13.7. The fraction of sp³-hybridized carbons (Fsp3) is 0.133. The fourth-order valence-corrected chi connectivity index (χ4v) is 2.30. The number of halogens is 1. The van der Waals surface area contributed by atoms with Gasteiger partial charge in [-0.1, -0.05) is 18.2 Å². The predicted octanol–water partition coefficient (Wildman–Crippen LogP) is 3.36. The number of anilines is 1. The summed E-state index contributed by atoms with van der Waals surface area (Å²) in [5.41, 5.74) is 10.1. The van der Waals surface area contributed by atoms with Gasteiger partial charge in [0.2, 0.25) is 5.95 Å². The summed E-state index contributed by atoms with van der Waals surface area (Å²) in [6.07, 6.45) is 0. The highest BCUT2D eigenvalue weighted by atomic mass is 19.1. The summed E-state index contributed by atoms with van der Waals surface area (Å²) in [4.78, 5) is 4.13. The molecule has 0 unspecified atom stereocenters. The van der Waals surface area contributed by atoms with E-state index < -0.39 is 0 Å². The molecule has 2 N–H and O–H groups in total. The molecule has 0 amide bonds. The molecule has 0 saturated heterocycles. The molecule has 3 nitrogen and oxygen atoms in total. The van der Waals surface area contributed by atoms with Crippen LogP contribution in [-0.4, -0.2) is 9.55 Å². The van der Waals surface area contributed by atoms with Crippen molar-refractivity contribution in [2.75, 3.05) is 5.73 Å². The summed E-state index contributed by atoms with van der Waals surface area (Å²) in [5, 5.41) is 0. The predicted molar refractivity (Wildman–Crippen MR) is 74.9 cm³/mol. The first kappa shape index (κ1) is 11.7. The fourth-order valence-electron chi connectivity index (χ4n) is 2.30. The first-order valence-electron chi connectivity index (χ1n) is 6.08. The van der Waals surface area contributed by atoms with E-state index in [2.05, 4.69) is 4.98 Å². The van der Waals surface area contributed by atoms with E-state index in [-0.39, 0.29) is 5.82 Å². The van der Waals surface area contributed by atoms with Crippen LogP contribution in [0.1, 0.15) is 11.1 Å². The van der Waals surface area contributed by atoms with Crippen LogP contribution < -0.4 is 5.73 Å². The third-order valence-corrected chi connectivity index (χ3v) is 3.27. The molecule has 4 heteroatoms. The van der Waals surface area contributed by atoms with E-state index in [1.165, 1.54) is 6.07 Å². The zero-order chi connectivity index (χ0) is 13.6. The molecular formula is C15H14FN3. The molecule has 0 aliphatic heterocycles. The van der Waals surface area contributed by atoms with Crippen molar-refractivity contribution in [1.29, 1.82) is 0 Å². The lowest BCUT2D eigenvalue weighted by Gasteiger charge is -2.11. The van der Waals surface area contributed by atoms with Gasteiger partial charge >= 0.3 is 0 Å². The van der Waals surface area contributed by atoms with Gasteiger partial charge < -0.3 is 5.73 Å². The molecule has 3 rings (SSSR count). The largest absolute Gasteiger partial charge is 0.369 e. The quantitative estimate of drug-likeness (QED) is 0.724. The van der Waals surface area contributed by atoms with Crippen molar-refractivity contribution < 1.29 is 4.39 Å². The van der Waals surface area contributed by atoms with Crippen molar-refractivity contribution in [2.45, 2.75) is 13.8 Å². The summed E-state index contributed by atoms with van der Waals surface area (Å²) in [6.45, 7) is 4.01. The van der Waals surface area contributed by atoms with Gasteiger partial charge in [0, 0.05) is 0 Å². The number of hydrogen-bond acceptors (Lipinski definition) is 2. The average molecular weight is 255 g/mol. The molecule has 3 aromatic rings. The lowest BCUT2D eigenvalue weighted by Crippen LogP contribution is -2.02. The number of fused-ring (bicyclic) bond motifs is 1. The molecule has 0 atom stereocenters. The molecule has 1 heterocycles. The minimum Gasteiger partial charge on any atom is -0.369 e. The Balaban J connectivity index is 2.39. The third kappa shape index (κ3) is 1.76. The van der Waals surface area contributed by atoms with Crippen LogP contribution in [0.25, 0.3) is 16.7 Å². The van der Waals surface area contributed by atoms with Gasteiger partial charge in [0.05, 0.1) is 11.2 Å². The van der Waals surface area contributed by atoms with Crippen LogP contribution in [0.2, 0.25) is 0 Å². The lowest BCUT2D eigenvalue weighted by molar-refractivity contribution is 0.637. The van der Waals surface area contributed by atoms with E-state index in [9.17, 15) is 4.39 Å². The molecule has 0 radical (unpaired) electrons.